The number of hydrogen-bond acceptors (Lipinski definition) is 5. The number of pyridine rings is 1. The zero-order chi connectivity index (χ0) is 11.3. The third-order valence-corrected chi connectivity index (χ3v) is 3.14. The molecule has 0 amide bonds. The molecule has 0 aromatic carbocycles. The van der Waals surface area contributed by atoms with Gasteiger partial charge in [0.25, 0.3) is 0 Å². The highest BCUT2D eigenvalue weighted by Crippen LogP contribution is 2.20. The Labute approximate surface area is 97.5 Å². The maximum atomic E-state index is 9.11. The third kappa shape index (κ3) is 4.25. The predicted octanol–water partition coefficient (Wildman–Crippen LogP) is 0.904. The Hall–Kier alpha value is -0.490. The first-order chi connectivity index (χ1) is 7.13. The van der Waals surface area contributed by atoms with Gasteiger partial charge in [-0.05, 0) is 12.1 Å². The predicted molar refractivity (Wildman–Crippen MR) is 62.9 cm³/mol. The van der Waals surface area contributed by atoms with Crippen LogP contribution in [0, 0.1) is 0 Å². The van der Waals surface area contributed by atoms with Crippen LogP contribution in [-0.4, -0.2) is 33.7 Å². The number of nitrogen functional groups attached to an aromatic ring is 1. The van der Waals surface area contributed by atoms with Gasteiger partial charge >= 0.3 is 0 Å². The fraction of sp³-hybridized carbons (Fsp3) is 0.444. The third-order valence-electron chi connectivity index (χ3n) is 1.70. The monoisotopic (exact) mass is 248 g/mol. The second-order valence-electron chi connectivity index (χ2n) is 3.02. The van der Waals surface area contributed by atoms with Crippen LogP contribution in [0.3, 0.4) is 0 Å². The summed E-state index contributed by atoms with van der Waals surface area (Å²) in [6.07, 6.45) is -0.699. The highest BCUT2D eigenvalue weighted by Gasteiger charge is 2.06. The van der Waals surface area contributed by atoms with E-state index in [2.05, 4.69) is 4.98 Å². The molecule has 1 aromatic rings. The molecule has 1 heterocycles. The van der Waals surface area contributed by atoms with Crippen molar-refractivity contribution in [1.29, 1.82) is 0 Å². The second kappa shape index (κ2) is 6.17. The van der Waals surface area contributed by atoms with Crippen molar-refractivity contribution in [2.45, 2.75) is 11.9 Å². The van der Waals surface area contributed by atoms with Crippen molar-refractivity contribution in [3.63, 3.8) is 0 Å². The number of halogens is 1. The zero-order valence-electron chi connectivity index (χ0n) is 8.06. The highest BCUT2D eigenvalue weighted by molar-refractivity contribution is 7.98. The van der Waals surface area contributed by atoms with Crippen LogP contribution in [0.25, 0.3) is 0 Å². The van der Waals surface area contributed by atoms with E-state index in [1.807, 2.05) is 0 Å². The lowest BCUT2D eigenvalue weighted by Gasteiger charge is -2.07. The summed E-state index contributed by atoms with van der Waals surface area (Å²) in [5.74, 6) is 1.45. The number of aromatic nitrogens is 1. The summed E-state index contributed by atoms with van der Waals surface area (Å²) in [5.41, 5.74) is 6.22. The Morgan fingerprint density at radius 2 is 2.27 bits per heavy atom. The largest absolute Gasteiger partial charge is 0.394 e. The molecule has 1 aromatic heterocycles. The molecule has 0 fully saturated rings. The first-order valence-corrected chi connectivity index (χ1v) is 5.94. The Morgan fingerprint density at radius 1 is 1.53 bits per heavy atom. The van der Waals surface area contributed by atoms with Crippen molar-refractivity contribution in [3.8, 4) is 0 Å². The van der Waals surface area contributed by atoms with Crippen LogP contribution in [0.2, 0.25) is 5.02 Å². The average molecular weight is 249 g/mol. The van der Waals surface area contributed by atoms with Gasteiger partial charge in [-0.2, -0.15) is 11.8 Å². The van der Waals surface area contributed by atoms with Gasteiger partial charge in [-0.15, -0.1) is 0 Å². The Morgan fingerprint density at radius 3 is 2.93 bits per heavy atom. The molecule has 0 saturated carbocycles. The van der Waals surface area contributed by atoms with Gasteiger partial charge in [-0.1, -0.05) is 11.6 Å². The molecule has 0 aliphatic carbocycles. The van der Waals surface area contributed by atoms with E-state index in [1.54, 1.807) is 12.1 Å². The van der Waals surface area contributed by atoms with Crippen LogP contribution in [0.4, 0.5) is 5.82 Å². The lowest BCUT2D eigenvalue weighted by atomic mass is 10.4. The topological polar surface area (TPSA) is 79.4 Å². The van der Waals surface area contributed by atoms with Crippen LogP contribution < -0.4 is 5.73 Å². The quantitative estimate of drug-likeness (QED) is 0.722. The summed E-state index contributed by atoms with van der Waals surface area (Å²) >= 11 is 7.35. The first-order valence-electron chi connectivity index (χ1n) is 4.41. The maximum absolute atomic E-state index is 9.11. The SMILES string of the molecule is Nc1ccc(Cl)c(CSCC(O)CO)n1. The van der Waals surface area contributed by atoms with Crippen molar-refractivity contribution in [2.24, 2.45) is 0 Å². The lowest BCUT2D eigenvalue weighted by Crippen LogP contribution is -2.14. The van der Waals surface area contributed by atoms with E-state index < -0.39 is 6.10 Å². The van der Waals surface area contributed by atoms with Gasteiger partial charge in [0.05, 0.1) is 23.4 Å². The first kappa shape index (κ1) is 12.6. The fourth-order valence-electron chi connectivity index (χ4n) is 0.947. The van der Waals surface area contributed by atoms with Gasteiger partial charge in [0.15, 0.2) is 0 Å². The highest BCUT2D eigenvalue weighted by atomic mass is 35.5. The fourth-order valence-corrected chi connectivity index (χ4v) is 2.11. The van der Waals surface area contributed by atoms with Crippen LogP contribution in [0.15, 0.2) is 12.1 Å². The number of thioether (sulfide) groups is 1. The molecule has 84 valence electrons. The van der Waals surface area contributed by atoms with Crippen LogP contribution >= 0.6 is 23.4 Å². The number of rotatable bonds is 5. The average Bonchev–Trinajstić information content (AvgIpc) is 2.23. The number of hydrogen-bond donors (Lipinski definition) is 3. The van der Waals surface area contributed by atoms with E-state index in [9.17, 15) is 0 Å². The molecule has 4 nitrogen and oxygen atoms in total. The molecule has 4 N–H and O–H groups in total. The molecule has 1 unspecified atom stereocenters. The van der Waals surface area contributed by atoms with Crippen LogP contribution in [-0.2, 0) is 5.75 Å². The van der Waals surface area contributed by atoms with Crippen molar-refractivity contribution in [3.05, 3.63) is 22.8 Å². The zero-order valence-corrected chi connectivity index (χ0v) is 9.63. The van der Waals surface area contributed by atoms with Gasteiger partial charge in [0, 0.05) is 11.5 Å². The van der Waals surface area contributed by atoms with Gasteiger partial charge in [0.1, 0.15) is 5.82 Å². The summed E-state index contributed by atoms with van der Waals surface area (Å²) in [6.45, 7) is -0.231. The molecule has 1 atom stereocenters. The normalized spacial score (nSPS) is 12.7. The van der Waals surface area contributed by atoms with Crippen LogP contribution in [0.5, 0.6) is 0 Å². The molecule has 0 spiro atoms. The minimum Gasteiger partial charge on any atom is -0.394 e. The summed E-state index contributed by atoms with van der Waals surface area (Å²) in [6, 6.07) is 3.33. The summed E-state index contributed by atoms with van der Waals surface area (Å²) in [4.78, 5) is 4.08. The van der Waals surface area contributed by atoms with E-state index >= 15 is 0 Å². The molecule has 0 saturated heterocycles. The standard InChI is InChI=1S/C9H13ClN2O2S/c10-7-1-2-9(11)12-8(7)5-15-4-6(14)3-13/h1-2,6,13-14H,3-5H2,(H2,11,12). The van der Waals surface area contributed by atoms with E-state index in [4.69, 9.17) is 27.5 Å². The number of nitrogens with two attached hydrogens (primary N) is 1. The number of aliphatic hydroxyl groups excluding tert-OH is 2. The van der Waals surface area contributed by atoms with E-state index in [1.165, 1.54) is 11.8 Å². The molecule has 6 heteroatoms. The Kier molecular flexibility index (Phi) is 5.17. The molecule has 0 radical (unpaired) electrons. The smallest absolute Gasteiger partial charge is 0.123 e. The van der Waals surface area contributed by atoms with E-state index in [-0.39, 0.29) is 6.61 Å². The minimum absolute atomic E-state index is 0.231. The molecule has 0 aliphatic heterocycles. The summed E-state index contributed by atoms with van der Waals surface area (Å²) in [5, 5.41) is 18.3. The molecule has 15 heavy (non-hydrogen) atoms. The van der Waals surface area contributed by atoms with E-state index in [0.29, 0.717) is 28.0 Å². The van der Waals surface area contributed by atoms with Crippen molar-refractivity contribution < 1.29 is 10.2 Å². The van der Waals surface area contributed by atoms with Gasteiger partial charge < -0.3 is 15.9 Å². The number of nitrogens with zero attached hydrogens (tertiary/aromatic N) is 1. The van der Waals surface area contributed by atoms with Crippen molar-refractivity contribution in [2.75, 3.05) is 18.1 Å². The number of aliphatic hydroxyl groups is 2. The van der Waals surface area contributed by atoms with Gasteiger partial charge in [-0.25, -0.2) is 4.98 Å². The maximum Gasteiger partial charge on any atom is 0.123 e. The van der Waals surface area contributed by atoms with Crippen LogP contribution in [0.1, 0.15) is 5.69 Å². The minimum atomic E-state index is -0.699. The van der Waals surface area contributed by atoms with Gasteiger partial charge in [-0.3, -0.25) is 0 Å². The molecular formula is C9H13ClN2O2S. The Balaban J connectivity index is 2.46. The molecule has 0 bridgehead atoms. The molecule has 0 aliphatic rings. The van der Waals surface area contributed by atoms with E-state index in [0.717, 1.165) is 0 Å². The summed E-state index contributed by atoms with van der Waals surface area (Å²) in [7, 11) is 0. The molecular weight excluding hydrogens is 236 g/mol. The number of anilines is 1. The van der Waals surface area contributed by atoms with Crippen molar-refractivity contribution in [1.82, 2.24) is 4.98 Å². The second-order valence-corrected chi connectivity index (χ2v) is 4.45. The summed E-state index contributed by atoms with van der Waals surface area (Å²) < 4.78 is 0. The Bertz CT molecular complexity index is 325. The van der Waals surface area contributed by atoms with Gasteiger partial charge in [0.2, 0.25) is 0 Å². The lowest BCUT2D eigenvalue weighted by molar-refractivity contribution is 0.113. The molecule has 1 rings (SSSR count). The van der Waals surface area contributed by atoms with Crippen molar-refractivity contribution >= 4 is 29.2 Å².